The molecule has 0 N–H and O–H groups in total. The van der Waals surface area contributed by atoms with Crippen molar-refractivity contribution in [3.63, 3.8) is 0 Å². The second-order valence-corrected chi connectivity index (χ2v) is 3.24. The molecule has 0 aliphatic heterocycles. The van der Waals surface area contributed by atoms with Gasteiger partial charge in [0, 0.05) is 5.37 Å². The van der Waals surface area contributed by atoms with Gasteiger partial charge in [-0.25, -0.2) is 0 Å². The Morgan fingerprint density at radius 3 is 2.60 bits per heavy atom. The van der Waals surface area contributed by atoms with Crippen LogP contribution in [0.5, 0.6) is 0 Å². The average molecular weight is 157 g/mol. The molecule has 0 heterocycles. The van der Waals surface area contributed by atoms with Gasteiger partial charge in [0.15, 0.2) is 0 Å². The van der Waals surface area contributed by atoms with Gasteiger partial charge >= 0.3 is 0 Å². The van der Waals surface area contributed by atoms with Crippen molar-refractivity contribution in [2.45, 2.75) is 46.0 Å². The summed E-state index contributed by atoms with van der Waals surface area (Å²) >= 11 is 4.66. The smallest absolute Gasteiger partial charge is 0.0294 e. The minimum Gasteiger partial charge on any atom is -0.0837 e. The van der Waals surface area contributed by atoms with Gasteiger partial charge in [-0.3, -0.25) is 0 Å². The Hall–Kier alpha value is 0.0900. The molecule has 0 saturated heterocycles. The van der Waals surface area contributed by atoms with E-state index in [2.05, 4.69) is 31.4 Å². The maximum atomic E-state index is 4.66. The Bertz CT molecular complexity index is 78.8. The molecule has 1 atom stereocenters. The Morgan fingerprint density at radius 2 is 2.10 bits per heavy atom. The second kappa shape index (κ2) is 7.20. The molecule has 0 spiro atoms. The average Bonchev–Trinajstić information content (AvgIpc) is 1.89. The van der Waals surface area contributed by atoms with E-state index in [1.807, 2.05) is 0 Å². The summed E-state index contributed by atoms with van der Waals surface area (Å²) in [7, 11) is 0. The highest BCUT2D eigenvalue weighted by Crippen LogP contribution is 2.11. The van der Waals surface area contributed by atoms with Crippen LogP contribution >= 0.6 is 12.2 Å². The first-order valence-electron chi connectivity index (χ1n) is 4.16. The molecule has 0 saturated carbocycles. The highest BCUT2D eigenvalue weighted by atomic mass is 32.1. The van der Waals surface area contributed by atoms with Crippen molar-refractivity contribution in [2.75, 3.05) is 0 Å². The standard InChI is InChI=1S/C9H17S/c1-3-4-5-6-9(2)7-8-10/h9H,3-7H2,1-2H3. The monoisotopic (exact) mass is 157 g/mol. The number of unbranched alkanes of at least 4 members (excludes halogenated alkanes) is 2. The van der Waals surface area contributed by atoms with E-state index in [9.17, 15) is 0 Å². The molecule has 10 heavy (non-hydrogen) atoms. The summed E-state index contributed by atoms with van der Waals surface area (Å²) in [6.45, 7) is 4.48. The third kappa shape index (κ3) is 6.21. The molecule has 0 aromatic heterocycles. The zero-order valence-corrected chi connectivity index (χ0v) is 7.84. The Morgan fingerprint density at radius 1 is 1.40 bits per heavy atom. The molecule has 1 radical (unpaired) electrons. The van der Waals surface area contributed by atoms with Crippen molar-refractivity contribution in [1.82, 2.24) is 0 Å². The Labute approximate surface area is 70.0 Å². The predicted molar refractivity (Wildman–Crippen MR) is 50.5 cm³/mol. The van der Waals surface area contributed by atoms with Crippen LogP contribution in [0, 0.1) is 5.92 Å². The van der Waals surface area contributed by atoms with Gasteiger partial charge in [0.05, 0.1) is 0 Å². The molecule has 59 valence electrons. The van der Waals surface area contributed by atoms with E-state index in [1.54, 1.807) is 0 Å². The molecule has 0 fully saturated rings. The number of rotatable bonds is 6. The fraction of sp³-hybridized carbons (Fsp3) is 0.889. The minimum absolute atomic E-state index is 0.754. The van der Waals surface area contributed by atoms with Crippen molar-refractivity contribution >= 4 is 17.6 Å². The molecule has 0 aromatic carbocycles. The largest absolute Gasteiger partial charge is 0.0837 e. The molecule has 0 bridgehead atoms. The van der Waals surface area contributed by atoms with Gasteiger partial charge in [-0.2, -0.15) is 0 Å². The van der Waals surface area contributed by atoms with Crippen LogP contribution in [-0.2, 0) is 0 Å². The summed E-state index contributed by atoms with van der Waals surface area (Å²) < 4.78 is 0. The quantitative estimate of drug-likeness (QED) is 0.420. The first-order chi connectivity index (χ1) is 4.81. The van der Waals surface area contributed by atoms with Crippen LogP contribution in [0.3, 0.4) is 0 Å². The summed E-state index contributed by atoms with van der Waals surface area (Å²) in [5, 5.41) is 2.78. The second-order valence-electron chi connectivity index (χ2n) is 2.95. The van der Waals surface area contributed by atoms with E-state index in [4.69, 9.17) is 0 Å². The van der Waals surface area contributed by atoms with E-state index < -0.39 is 0 Å². The van der Waals surface area contributed by atoms with Crippen molar-refractivity contribution in [1.29, 1.82) is 0 Å². The lowest BCUT2D eigenvalue weighted by Gasteiger charge is -2.05. The normalized spacial score (nSPS) is 13.0. The zero-order valence-electron chi connectivity index (χ0n) is 7.02. The fourth-order valence-corrected chi connectivity index (χ4v) is 1.27. The number of thiocarbonyl (C=S) groups is 1. The van der Waals surface area contributed by atoms with Crippen LogP contribution in [0.25, 0.3) is 0 Å². The fourth-order valence-electron chi connectivity index (χ4n) is 0.987. The van der Waals surface area contributed by atoms with Crippen LogP contribution in [0.4, 0.5) is 0 Å². The van der Waals surface area contributed by atoms with E-state index in [0.717, 1.165) is 12.3 Å². The van der Waals surface area contributed by atoms with E-state index >= 15 is 0 Å². The summed E-state index contributed by atoms with van der Waals surface area (Å²) in [6.07, 6.45) is 6.33. The van der Waals surface area contributed by atoms with Crippen molar-refractivity contribution in [2.24, 2.45) is 5.92 Å². The van der Waals surface area contributed by atoms with Gasteiger partial charge in [0.2, 0.25) is 0 Å². The van der Waals surface area contributed by atoms with Crippen LogP contribution in [-0.4, -0.2) is 5.37 Å². The molecule has 1 unspecified atom stereocenters. The third-order valence-electron chi connectivity index (χ3n) is 1.73. The summed E-state index contributed by atoms with van der Waals surface area (Å²) in [5.74, 6) is 0.754. The molecule has 0 nitrogen and oxygen atoms in total. The van der Waals surface area contributed by atoms with Gasteiger partial charge in [-0.1, -0.05) is 51.7 Å². The van der Waals surface area contributed by atoms with Crippen LogP contribution in [0.15, 0.2) is 0 Å². The van der Waals surface area contributed by atoms with Crippen LogP contribution in [0.1, 0.15) is 46.0 Å². The number of hydrogen-bond donors (Lipinski definition) is 0. The van der Waals surface area contributed by atoms with Gasteiger partial charge in [-0.05, 0) is 12.3 Å². The summed E-state index contributed by atoms with van der Waals surface area (Å²) in [6, 6.07) is 0. The van der Waals surface area contributed by atoms with Gasteiger partial charge in [0.25, 0.3) is 0 Å². The highest BCUT2D eigenvalue weighted by molar-refractivity contribution is 7.78. The maximum absolute atomic E-state index is 4.66. The Kier molecular flexibility index (Phi) is 7.26. The first-order valence-corrected chi connectivity index (χ1v) is 4.57. The number of hydrogen-bond acceptors (Lipinski definition) is 1. The molecule has 0 amide bonds. The predicted octanol–water partition coefficient (Wildman–Crippen LogP) is 3.47. The van der Waals surface area contributed by atoms with E-state index in [1.165, 1.54) is 25.7 Å². The molecule has 1 heteroatoms. The minimum atomic E-state index is 0.754. The zero-order chi connectivity index (χ0) is 7.82. The van der Waals surface area contributed by atoms with Gasteiger partial charge < -0.3 is 0 Å². The van der Waals surface area contributed by atoms with E-state index in [-0.39, 0.29) is 0 Å². The maximum Gasteiger partial charge on any atom is 0.0294 e. The molecule has 0 aromatic rings. The van der Waals surface area contributed by atoms with Crippen LogP contribution < -0.4 is 0 Å². The third-order valence-corrected chi connectivity index (χ3v) is 1.90. The van der Waals surface area contributed by atoms with Crippen molar-refractivity contribution in [3.8, 4) is 0 Å². The van der Waals surface area contributed by atoms with Gasteiger partial charge in [-0.15, -0.1) is 0 Å². The summed E-state index contributed by atoms with van der Waals surface area (Å²) in [5.41, 5.74) is 0. The highest BCUT2D eigenvalue weighted by Gasteiger charge is 1.98. The molecule has 0 rings (SSSR count). The first kappa shape index (κ1) is 10.1. The Balaban J connectivity index is 3.04. The van der Waals surface area contributed by atoms with Crippen LogP contribution in [0.2, 0.25) is 0 Å². The van der Waals surface area contributed by atoms with Crippen molar-refractivity contribution < 1.29 is 0 Å². The van der Waals surface area contributed by atoms with E-state index in [0.29, 0.717) is 0 Å². The van der Waals surface area contributed by atoms with Crippen molar-refractivity contribution in [3.05, 3.63) is 0 Å². The lowest BCUT2D eigenvalue weighted by atomic mass is 10.0. The topological polar surface area (TPSA) is 0 Å². The lowest BCUT2D eigenvalue weighted by molar-refractivity contribution is 0.515. The molecular weight excluding hydrogens is 140 g/mol. The summed E-state index contributed by atoms with van der Waals surface area (Å²) in [4.78, 5) is 0. The SMILES string of the molecule is CCCCCC(C)C[C]=S. The molecular formula is C9H17S. The lowest BCUT2D eigenvalue weighted by Crippen LogP contribution is -1.93. The molecule has 0 aliphatic carbocycles. The molecule has 0 aliphatic rings. The van der Waals surface area contributed by atoms with Gasteiger partial charge in [0.1, 0.15) is 0 Å².